The molecule has 1 heterocycles. The third-order valence-electron chi connectivity index (χ3n) is 6.55. The van der Waals surface area contributed by atoms with Gasteiger partial charge in [0.05, 0.1) is 6.10 Å². The lowest BCUT2D eigenvalue weighted by atomic mass is 9.85. The molecule has 35 heavy (non-hydrogen) atoms. The lowest BCUT2D eigenvalue weighted by Crippen LogP contribution is -2.27. The molecule has 1 N–H and O–H groups in total. The topological polar surface area (TPSA) is 72.6 Å². The summed E-state index contributed by atoms with van der Waals surface area (Å²) in [6, 6.07) is 20.2. The van der Waals surface area contributed by atoms with Crippen molar-refractivity contribution in [2.24, 2.45) is 0 Å². The van der Waals surface area contributed by atoms with E-state index in [1.807, 2.05) is 48.5 Å². The maximum Gasteiger partial charge on any atom is 0.332 e. The first-order valence-corrected chi connectivity index (χ1v) is 12.2. The number of benzene rings is 2. The Morgan fingerprint density at radius 3 is 2.49 bits per heavy atom. The van der Waals surface area contributed by atoms with E-state index in [0.29, 0.717) is 5.89 Å². The molecular formula is C30H29NO4. The summed E-state index contributed by atoms with van der Waals surface area (Å²) in [5.74, 6) is 0.427. The molecule has 5 rings (SSSR count). The monoisotopic (exact) mass is 467 g/mol. The molecule has 0 saturated heterocycles. The standard InChI is InChI=1S/C30H29NO4/c1-20(30(32)33)34-24-16-10-15-23(19-24)25-17-8-9-18-26(25)29-31-27(21-11-4-2-5-12-21)28(35-29)22-13-6-3-7-14-22/h2-7,9,11-14,18-20,24H,8,10,15-17H2,1H3,(H,32,33). The number of allylic oxidation sites excluding steroid dienone is 5. The third kappa shape index (κ3) is 5.05. The molecule has 178 valence electrons. The van der Waals surface area contributed by atoms with Crippen LogP contribution in [0.3, 0.4) is 0 Å². The van der Waals surface area contributed by atoms with Gasteiger partial charge >= 0.3 is 5.97 Å². The van der Waals surface area contributed by atoms with Gasteiger partial charge in [-0.05, 0) is 50.2 Å². The van der Waals surface area contributed by atoms with E-state index < -0.39 is 12.1 Å². The fraction of sp³-hybridized carbons (Fsp3) is 0.267. The van der Waals surface area contributed by atoms with Crippen LogP contribution in [0.15, 0.2) is 94.5 Å². The van der Waals surface area contributed by atoms with Gasteiger partial charge < -0.3 is 14.3 Å². The largest absolute Gasteiger partial charge is 0.479 e. The zero-order chi connectivity index (χ0) is 24.2. The summed E-state index contributed by atoms with van der Waals surface area (Å²) >= 11 is 0. The molecule has 5 heteroatoms. The average Bonchev–Trinajstić information content (AvgIpc) is 3.35. The van der Waals surface area contributed by atoms with Crippen molar-refractivity contribution in [2.75, 3.05) is 0 Å². The Hall–Kier alpha value is -3.70. The van der Waals surface area contributed by atoms with Crippen LogP contribution < -0.4 is 0 Å². The van der Waals surface area contributed by atoms with Crippen LogP contribution in [0.2, 0.25) is 0 Å². The molecule has 5 nitrogen and oxygen atoms in total. The summed E-state index contributed by atoms with van der Waals surface area (Å²) in [7, 11) is 0. The summed E-state index contributed by atoms with van der Waals surface area (Å²) in [5.41, 5.74) is 6.24. The highest BCUT2D eigenvalue weighted by molar-refractivity contribution is 5.82. The van der Waals surface area contributed by atoms with Gasteiger partial charge in [0.25, 0.3) is 0 Å². The Morgan fingerprint density at radius 1 is 1.06 bits per heavy atom. The van der Waals surface area contributed by atoms with Crippen molar-refractivity contribution < 1.29 is 19.1 Å². The molecule has 2 aliphatic rings. The molecule has 0 fully saturated rings. The molecule has 2 unspecified atom stereocenters. The van der Waals surface area contributed by atoms with Gasteiger partial charge in [-0.1, -0.05) is 78.9 Å². The van der Waals surface area contributed by atoms with E-state index in [4.69, 9.17) is 14.1 Å². The predicted octanol–water partition coefficient (Wildman–Crippen LogP) is 7.08. The van der Waals surface area contributed by atoms with E-state index in [1.165, 1.54) is 11.1 Å². The minimum Gasteiger partial charge on any atom is -0.479 e. The molecule has 2 aromatic carbocycles. The van der Waals surface area contributed by atoms with E-state index in [9.17, 15) is 9.90 Å². The molecule has 0 radical (unpaired) electrons. The highest BCUT2D eigenvalue weighted by Crippen LogP contribution is 2.40. The summed E-state index contributed by atoms with van der Waals surface area (Å²) in [6.45, 7) is 1.58. The number of oxazole rings is 1. The Bertz CT molecular complexity index is 1230. The Morgan fingerprint density at radius 2 is 1.77 bits per heavy atom. The number of nitrogens with zero attached hydrogens (tertiary/aromatic N) is 1. The van der Waals surface area contributed by atoms with Crippen molar-refractivity contribution in [3.63, 3.8) is 0 Å². The lowest BCUT2D eigenvalue weighted by Gasteiger charge is -2.26. The highest BCUT2D eigenvalue weighted by atomic mass is 16.5. The zero-order valence-corrected chi connectivity index (χ0v) is 19.8. The first kappa shape index (κ1) is 23.1. The normalized spacial score (nSPS) is 18.9. The molecular weight excluding hydrogens is 438 g/mol. The van der Waals surface area contributed by atoms with Crippen LogP contribution in [0.1, 0.15) is 44.9 Å². The summed E-state index contributed by atoms with van der Waals surface area (Å²) < 4.78 is 12.3. The first-order valence-electron chi connectivity index (χ1n) is 12.2. The van der Waals surface area contributed by atoms with Crippen molar-refractivity contribution in [2.45, 2.75) is 51.2 Å². The van der Waals surface area contributed by atoms with Gasteiger partial charge in [0, 0.05) is 16.7 Å². The molecule has 0 spiro atoms. The minimum absolute atomic E-state index is 0.200. The highest BCUT2D eigenvalue weighted by Gasteiger charge is 2.26. The number of hydrogen-bond donors (Lipinski definition) is 1. The molecule has 0 aliphatic heterocycles. The maximum absolute atomic E-state index is 11.3. The van der Waals surface area contributed by atoms with Gasteiger partial charge in [-0.2, -0.15) is 0 Å². The molecule has 0 bridgehead atoms. The van der Waals surface area contributed by atoms with Crippen molar-refractivity contribution in [1.82, 2.24) is 4.98 Å². The Balaban J connectivity index is 1.58. The van der Waals surface area contributed by atoms with Gasteiger partial charge in [-0.3, -0.25) is 0 Å². The van der Waals surface area contributed by atoms with E-state index in [2.05, 4.69) is 30.4 Å². The quantitative estimate of drug-likeness (QED) is 0.402. The number of aromatic nitrogens is 1. The first-order chi connectivity index (χ1) is 17.1. The van der Waals surface area contributed by atoms with Crippen LogP contribution in [0.5, 0.6) is 0 Å². The smallest absolute Gasteiger partial charge is 0.332 e. The van der Waals surface area contributed by atoms with Crippen molar-refractivity contribution in [3.8, 4) is 22.6 Å². The second-order valence-electron chi connectivity index (χ2n) is 9.00. The Labute approximate surface area is 205 Å². The average molecular weight is 468 g/mol. The minimum atomic E-state index is -0.937. The number of carboxylic acids is 1. The molecule has 3 aromatic rings. The van der Waals surface area contributed by atoms with Crippen LogP contribution in [-0.2, 0) is 9.53 Å². The molecule has 0 saturated carbocycles. The lowest BCUT2D eigenvalue weighted by molar-refractivity contribution is -0.151. The summed E-state index contributed by atoms with van der Waals surface area (Å²) in [4.78, 5) is 16.3. The van der Waals surface area contributed by atoms with Crippen LogP contribution >= 0.6 is 0 Å². The zero-order valence-electron chi connectivity index (χ0n) is 19.8. The van der Waals surface area contributed by atoms with Crippen LogP contribution in [-0.4, -0.2) is 28.3 Å². The number of aliphatic carboxylic acids is 1. The van der Waals surface area contributed by atoms with Crippen molar-refractivity contribution in [3.05, 3.63) is 95.9 Å². The predicted molar refractivity (Wildman–Crippen MR) is 137 cm³/mol. The van der Waals surface area contributed by atoms with Gasteiger partial charge in [0.15, 0.2) is 11.9 Å². The van der Waals surface area contributed by atoms with Crippen LogP contribution in [0.25, 0.3) is 28.2 Å². The molecule has 1 aromatic heterocycles. The molecule has 2 atom stereocenters. The SMILES string of the molecule is CC(OC1C=C(C2=C(c3nc(-c4ccccc4)c(-c4ccccc4)o3)C=CCC2)CCC1)C(=O)O. The number of ether oxygens (including phenoxy) is 1. The number of hydrogen-bond acceptors (Lipinski definition) is 4. The van der Waals surface area contributed by atoms with E-state index >= 15 is 0 Å². The Kier molecular flexibility index (Phi) is 6.77. The van der Waals surface area contributed by atoms with Gasteiger partial charge in [-0.15, -0.1) is 0 Å². The van der Waals surface area contributed by atoms with Crippen molar-refractivity contribution in [1.29, 1.82) is 0 Å². The number of carboxylic acid groups (broad SMARTS) is 1. The summed E-state index contributed by atoms with van der Waals surface area (Å²) in [6.07, 6.45) is 9.92. The second-order valence-corrected chi connectivity index (χ2v) is 9.00. The van der Waals surface area contributed by atoms with Gasteiger partial charge in [-0.25, -0.2) is 9.78 Å². The molecule has 2 aliphatic carbocycles. The van der Waals surface area contributed by atoms with Gasteiger partial charge in [0.2, 0.25) is 5.89 Å². The van der Waals surface area contributed by atoms with Crippen LogP contribution in [0.4, 0.5) is 0 Å². The third-order valence-corrected chi connectivity index (χ3v) is 6.55. The van der Waals surface area contributed by atoms with Crippen molar-refractivity contribution >= 4 is 11.5 Å². The second kappa shape index (κ2) is 10.3. The van der Waals surface area contributed by atoms with E-state index in [0.717, 1.165) is 60.3 Å². The van der Waals surface area contributed by atoms with Crippen LogP contribution in [0, 0.1) is 0 Å². The number of carbonyl (C=O) groups is 1. The maximum atomic E-state index is 11.3. The van der Waals surface area contributed by atoms with Gasteiger partial charge in [0.1, 0.15) is 5.69 Å². The molecule has 0 amide bonds. The number of rotatable bonds is 7. The van der Waals surface area contributed by atoms with E-state index in [1.54, 1.807) is 6.92 Å². The van der Waals surface area contributed by atoms with E-state index in [-0.39, 0.29) is 6.10 Å². The fourth-order valence-electron chi connectivity index (χ4n) is 4.77. The summed E-state index contributed by atoms with van der Waals surface area (Å²) in [5, 5.41) is 9.25. The fourth-order valence-corrected chi connectivity index (χ4v) is 4.77.